The van der Waals surface area contributed by atoms with E-state index in [1.807, 2.05) is 18.2 Å². The lowest BCUT2D eigenvalue weighted by Gasteiger charge is -2.49. The van der Waals surface area contributed by atoms with Crippen molar-refractivity contribution in [2.24, 2.45) is 5.92 Å². The average molecular weight is 492 g/mol. The Morgan fingerprint density at radius 2 is 1.89 bits per heavy atom. The van der Waals surface area contributed by atoms with Crippen LogP contribution in [0.15, 0.2) is 51.7 Å². The number of nitrogens with zero attached hydrogens (tertiary/aromatic N) is 2. The Labute approximate surface area is 206 Å². The van der Waals surface area contributed by atoms with Crippen molar-refractivity contribution in [3.05, 3.63) is 92.1 Å². The zero-order chi connectivity index (χ0) is 24.8. The van der Waals surface area contributed by atoms with Gasteiger partial charge in [-0.25, -0.2) is 13.6 Å². The molecule has 3 saturated heterocycles. The van der Waals surface area contributed by atoms with Gasteiger partial charge in [0, 0.05) is 36.2 Å². The monoisotopic (exact) mass is 491 g/mol. The van der Waals surface area contributed by atoms with Gasteiger partial charge in [0.1, 0.15) is 11.6 Å². The van der Waals surface area contributed by atoms with E-state index in [0.29, 0.717) is 34.2 Å². The molecule has 3 aromatic rings. The van der Waals surface area contributed by atoms with Crippen molar-refractivity contribution < 1.29 is 18.0 Å². The highest BCUT2D eigenvalue weighted by molar-refractivity contribution is 5.94. The van der Waals surface area contributed by atoms with E-state index in [0.717, 1.165) is 38.0 Å². The molecule has 1 aromatic heterocycles. The van der Waals surface area contributed by atoms with E-state index in [1.165, 1.54) is 30.3 Å². The van der Waals surface area contributed by atoms with Gasteiger partial charge in [-0.05, 0) is 80.2 Å². The van der Waals surface area contributed by atoms with Gasteiger partial charge in [0.25, 0.3) is 5.91 Å². The number of nitrogens with one attached hydrogen (secondary N) is 1. The third kappa shape index (κ3) is 4.30. The van der Waals surface area contributed by atoms with Crippen LogP contribution in [0.3, 0.4) is 0 Å². The molecule has 2 aromatic carbocycles. The first-order valence-electron chi connectivity index (χ1n) is 12.4. The van der Waals surface area contributed by atoms with Crippen LogP contribution < -0.4 is 16.5 Å². The number of aromatic nitrogens is 1. The fourth-order valence-corrected chi connectivity index (χ4v) is 5.87. The number of carbonyl (C=O) groups is 1. The summed E-state index contributed by atoms with van der Waals surface area (Å²) < 4.78 is 33.9. The van der Waals surface area contributed by atoms with Gasteiger partial charge in [-0.1, -0.05) is 18.2 Å². The molecule has 1 unspecified atom stereocenters. The van der Waals surface area contributed by atoms with Gasteiger partial charge in [-0.2, -0.15) is 0 Å². The maximum atomic E-state index is 15.1. The number of fused-ring (bicyclic) bond motifs is 4. The summed E-state index contributed by atoms with van der Waals surface area (Å²) in [5.74, 6) is -1.20. The minimum atomic E-state index is -0.500. The largest absolute Gasteiger partial charge is 0.417 e. The highest BCUT2D eigenvalue weighted by atomic mass is 19.1. The number of H-pyrrole nitrogens is 1. The number of halogens is 2. The first-order chi connectivity index (χ1) is 17.4. The molecule has 0 saturated carbocycles. The summed E-state index contributed by atoms with van der Waals surface area (Å²) in [5, 5.41) is 0.664. The smallest absolute Gasteiger partial charge is 0.408 e. The van der Waals surface area contributed by atoms with Crippen LogP contribution >= 0.6 is 0 Å². The first kappa shape index (κ1) is 22.9. The van der Waals surface area contributed by atoms with Crippen molar-refractivity contribution in [1.82, 2.24) is 14.8 Å². The molecule has 1 aliphatic carbocycles. The van der Waals surface area contributed by atoms with Crippen LogP contribution in [-0.2, 0) is 6.54 Å². The number of rotatable bonds is 5. The zero-order valence-corrected chi connectivity index (χ0v) is 19.8. The molecule has 8 heteroatoms. The second-order valence-corrected chi connectivity index (χ2v) is 10.0. The highest BCUT2D eigenvalue weighted by Crippen LogP contribution is 2.33. The maximum absolute atomic E-state index is 15.1. The molecule has 1 amide bonds. The predicted octanol–water partition coefficient (Wildman–Crippen LogP) is 2.73. The average Bonchev–Trinajstić information content (AvgIpc) is 3.28. The predicted molar refractivity (Wildman–Crippen MR) is 130 cm³/mol. The second-order valence-electron chi connectivity index (χ2n) is 10.0. The molecular formula is C28H27F2N3O3. The number of benzene rings is 2. The number of hydrogen-bond donors (Lipinski definition) is 1. The Bertz CT molecular complexity index is 1470. The van der Waals surface area contributed by atoms with E-state index in [1.54, 1.807) is 11.0 Å². The fourth-order valence-electron chi connectivity index (χ4n) is 5.87. The van der Waals surface area contributed by atoms with Gasteiger partial charge < -0.3 is 14.2 Å². The minimum Gasteiger partial charge on any atom is -0.408 e. The van der Waals surface area contributed by atoms with Crippen LogP contribution in [-0.4, -0.2) is 46.4 Å². The van der Waals surface area contributed by atoms with E-state index in [9.17, 15) is 14.0 Å². The lowest BCUT2D eigenvalue weighted by atomic mass is 9.82. The standard InChI is InChI=1S/C28H27F2N3O3/c29-22-5-1-18(2-6-22)27(34)33(25-16-32-11-9-17(25)10-12-32)15-21-13-19(3-7-23(21)30)20-4-8-24-26(14-20)36-28(35)31-24/h1-3,5-8,13-14,17,20,25H,4,9-12,15-16H2,(H,31,35)/t20?,25-/m0/s1. The zero-order valence-electron chi connectivity index (χ0n) is 19.8. The maximum Gasteiger partial charge on any atom is 0.417 e. The molecule has 4 heterocycles. The first-order valence-corrected chi connectivity index (χ1v) is 12.4. The SMILES string of the molecule is O=C(c1ccc(F)cc1)N(Cc1cc(C2C=c3oc(=O)[nH]c3=CC2)ccc1F)[C@H]1CN2CCC1CC2. The van der Waals surface area contributed by atoms with Crippen LogP contribution in [0.2, 0.25) is 0 Å². The van der Waals surface area contributed by atoms with Gasteiger partial charge in [-0.3, -0.25) is 9.78 Å². The normalized spacial score (nSPS) is 24.5. The van der Waals surface area contributed by atoms with Crippen LogP contribution in [0.4, 0.5) is 8.78 Å². The number of hydrogen-bond acceptors (Lipinski definition) is 4. The van der Waals surface area contributed by atoms with Crippen molar-refractivity contribution in [3.8, 4) is 0 Å². The van der Waals surface area contributed by atoms with Gasteiger partial charge in [-0.15, -0.1) is 0 Å². The van der Waals surface area contributed by atoms with E-state index in [2.05, 4.69) is 9.88 Å². The van der Waals surface area contributed by atoms with Crippen molar-refractivity contribution in [1.29, 1.82) is 0 Å². The number of carbonyl (C=O) groups excluding carboxylic acids is 1. The molecule has 6 nitrogen and oxygen atoms in total. The summed E-state index contributed by atoms with van der Waals surface area (Å²) >= 11 is 0. The van der Waals surface area contributed by atoms with E-state index in [-0.39, 0.29) is 30.2 Å². The Balaban J connectivity index is 1.33. The number of piperidine rings is 3. The molecule has 0 spiro atoms. The Kier molecular flexibility index (Phi) is 5.84. The Morgan fingerprint density at radius 3 is 2.61 bits per heavy atom. The molecule has 3 fully saturated rings. The quantitative estimate of drug-likeness (QED) is 0.596. The molecule has 4 aliphatic rings. The summed E-state index contributed by atoms with van der Waals surface area (Å²) in [5.41, 5.74) is 2.21. The highest BCUT2D eigenvalue weighted by Gasteiger charge is 2.39. The number of aromatic amines is 1. The van der Waals surface area contributed by atoms with E-state index < -0.39 is 11.6 Å². The van der Waals surface area contributed by atoms with Crippen molar-refractivity contribution >= 4 is 18.1 Å². The molecular weight excluding hydrogens is 464 g/mol. The van der Waals surface area contributed by atoms with Gasteiger partial charge in [0.2, 0.25) is 0 Å². The van der Waals surface area contributed by atoms with E-state index in [4.69, 9.17) is 4.42 Å². The summed E-state index contributed by atoms with van der Waals surface area (Å²) in [4.78, 5) is 32.0. The van der Waals surface area contributed by atoms with E-state index >= 15 is 4.39 Å². The number of oxazole rings is 1. The van der Waals surface area contributed by atoms with Crippen molar-refractivity contribution in [2.75, 3.05) is 19.6 Å². The Hall–Kier alpha value is -3.52. The van der Waals surface area contributed by atoms with Crippen LogP contribution in [0.5, 0.6) is 0 Å². The van der Waals surface area contributed by atoms with Crippen LogP contribution in [0.1, 0.15) is 46.7 Å². The third-order valence-corrected chi connectivity index (χ3v) is 7.85. The van der Waals surface area contributed by atoms with Gasteiger partial charge >= 0.3 is 5.76 Å². The summed E-state index contributed by atoms with van der Waals surface area (Å²) in [6, 6.07) is 10.5. The molecule has 2 bridgehead atoms. The minimum absolute atomic E-state index is 0.0284. The second kappa shape index (κ2) is 9.17. The van der Waals surface area contributed by atoms with Gasteiger partial charge in [0.05, 0.1) is 5.35 Å². The fraction of sp³-hybridized carbons (Fsp3) is 0.357. The molecule has 2 atom stereocenters. The molecule has 0 radical (unpaired) electrons. The molecule has 36 heavy (non-hydrogen) atoms. The lowest BCUT2D eigenvalue weighted by Crippen LogP contribution is -2.58. The molecule has 7 rings (SSSR count). The van der Waals surface area contributed by atoms with Crippen LogP contribution in [0, 0.1) is 17.6 Å². The van der Waals surface area contributed by atoms with Gasteiger partial charge in [0.15, 0.2) is 5.42 Å². The molecule has 1 N–H and O–H groups in total. The Morgan fingerprint density at radius 1 is 1.11 bits per heavy atom. The topological polar surface area (TPSA) is 69.5 Å². The molecule has 186 valence electrons. The summed E-state index contributed by atoms with van der Waals surface area (Å²) in [6.07, 6.45) is 6.45. The van der Waals surface area contributed by atoms with Crippen molar-refractivity contribution in [3.63, 3.8) is 0 Å². The third-order valence-electron chi connectivity index (χ3n) is 7.85. The van der Waals surface area contributed by atoms with Crippen molar-refractivity contribution in [2.45, 2.75) is 37.8 Å². The summed E-state index contributed by atoms with van der Waals surface area (Å²) in [7, 11) is 0. The lowest BCUT2D eigenvalue weighted by molar-refractivity contribution is 0.00433. The molecule has 3 aliphatic heterocycles. The summed E-state index contributed by atoms with van der Waals surface area (Å²) in [6.45, 7) is 2.94. The van der Waals surface area contributed by atoms with Crippen LogP contribution in [0.25, 0.3) is 12.2 Å². The number of amides is 1.